The summed E-state index contributed by atoms with van der Waals surface area (Å²) in [4.78, 5) is 27.7. The van der Waals surface area contributed by atoms with Crippen molar-refractivity contribution >= 4 is 17.9 Å². The van der Waals surface area contributed by atoms with Gasteiger partial charge in [0, 0.05) is 12.1 Å². The van der Waals surface area contributed by atoms with Gasteiger partial charge in [-0.2, -0.15) is 5.26 Å². The van der Waals surface area contributed by atoms with Crippen LogP contribution in [0.15, 0.2) is 77.4 Å². The van der Waals surface area contributed by atoms with Crippen molar-refractivity contribution < 1.29 is 32.9 Å². The molecule has 210 valence electrons. The van der Waals surface area contributed by atoms with E-state index in [9.17, 15) is 19.2 Å². The zero-order valence-electron chi connectivity index (χ0n) is 23.2. The number of carbonyl (C=O) groups is 2. The van der Waals surface area contributed by atoms with E-state index < -0.39 is 11.8 Å². The first-order valence-electron chi connectivity index (χ1n) is 12.7. The Morgan fingerprint density at radius 3 is 2.12 bits per heavy atom. The van der Waals surface area contributed by atoms with Gasteiger partial charge < -0.3 is 18.9 Å². The van der Waals surface area contributed by atoms with Crippen molar-refractivity contribution in [3.8, 4) is 29.1 Å². The minimum atomic E-state index is -0.630. The molecule has 0 atom stereocenters. The minimum Gasteiger partial charge on any atom is -0.493 e. The molecule has 0 aliphatic carbocycles. The molecule has 0 unspecified atom stereocenters. The van der Waals surface area contributed by atoms with Gasteiger partial charge >= 0.3 is 0 Å². The molecule has 8 nitrogen and oxygen atoms in total. The number of nitrogens with zero attached hydrogens (tertiary/aromatic N) is 2. The van der Waals surface area contributed by atoms with Crippen LogP contribution in [0.25, 0.3) is 6.08 Å². The summed E-state index contributed by atoms with van der Waals surface area (Å²) in [6.07, 6.45) is 1.98. The number of imide groups is 1. The highest BCUT2D eigenvalue weighted by atomic mass is 19.1. The fraction of sp³-hybridized carbons (Fsp3) is 0.219. The second-order valence-corrected chi connectivity index (χ2v) is 9.20. The smallest absolute Gasteiger partial charge is 0.271 e. The lowest BCUT2D eigenvalue weighted by Gasteiger charge is -2.27. The summed E-state index contributed by atoms with van der Waals surface area (Å²) in [5.41, 5.74) is 2.69. The third-order valence-electron chi connectivity index (χ3n) is 6.70. The van der Waals surface area contributed by atoms with Gasteiger partial charge in [0.15, 0.2) is 23.0 Å². The second-order valence-electron chi connectivity index (χ2n) is 9.20. The molecule has 0 N–H and O–H groups in total. The van der Waals surface area contributed by atoms with Crippen molar-refractivity contribution in [3.05, 3.63) is 99.9 Å². The lowest BCUT2D eigenvalue weighted by molar-refractivity contribution is -0.140. The predicted molar refractivity (Wildman–Crippen MR) is 150 cm³/mol. The van der Waals surface area contributed by atoms with Crippen LogP contribution in [0.1, 0.15) is 23.6 Å². The molecular formula is C32H29FN2O6. The standard InChI is InChI=1S/C32H29FN2O6/c1-20-25(15-23-8-12-28(30(17-23)40-4)41-19-22-5-9-24(33)10-6-22)31(36)35(32(37)26(20)18-34)14-13-21-7-11-27(38-2)29(16-21)39-3/h5-12,15-17H,13-14,19H2,1-4H3/b25-15+. The van der Waals surface area contributed by atoms with Crippen LogP contribution in [0.3, 0.4) is 0 Å². The molecule has 0 bridgehead atoms. The highest BCUT2D eigenvalue weighted by molar-refractivity contribution is 6.19. The molecule has 3 aromatic rings. The van der Waals surface area contributed by atoms with Gasteiger partial charge in [0.2, 0.25) is 0 Å². The van der Waals surface area contributed by atoms with Crippen LogP contribution >= 0.6 is 0 Å². The largest absolute Gasteiger partial charge is 0.493 e. The van der Waals surface area contributed by atoms with E-state index in [4.69, 9.17) is 18.9 Å². The Bertz CT molecular complexity index is 1570. The van der Waals surface area contributed by atoms with Gasteiger partial charge in [-0.3, -0.25) is 14.5 Å². The summed E-state index contributed by atoms with van der Waals surface area (Å²) in [5.74, 6) is 0.538. The average Bonchev–Trinajstić information content (AvgIpc) is 2.99. The number of hydrogen-bond donors (Lipinski definition) is 0. The Balaban J connectivity index is 1.58. The van der Waals surface area contributed by atoms with E-state index in [1.165, 1.54) is 26.4 Å². The van der Waals surface area contributed by atoms with Crippen LogP contribution in [-0.2, 0) is 22.6 Å². The Labute approximate surface area is 237 Å². The first-order chi connectivity index (χ1) is 19.8. The molecule has 0 spiro atoms. The molecule has 1 aliphatic heterocycles. The molecule has 9 heteroatoms. The molecule has 41 heavy (non-hydrogen) atoms. The zero-order valence-corrected chi connectivity index (χ0v) is 23.2. The SMILES string of the molecule is COc1ccc(CCN2C(=O)C(C#N)=C(C)/C(=C\c3ccc(OCc4ccc(F)cc4)c(OC)c3)C2=O)cc1OC. The topological polar surface area (TPSA) is 98.1 Å². The van der Waals surface area contributed by atoms with Gasteiger partial charge in [-0.25, -0.2) is 4.39 Å². The maximum absolute atomic E-state index is 13.5. The highest BCUT2D eigenvalue weighted by Gasteiger charge is 2.35. The van der Waals surface area contributed by atoms with E-state index in [2.05, 4.69) is 0 Å². The van der Waals surface area contributed by atoms with Gasteiger partial charge in [-0.15, -0.1) is 0 Å². The van der Waals surface area contributed by atoms with Crippen LogP contribution in [0, 0.1) is 17.1 Å². The van der Waals surface area contributed by atoms with Crippen molar-refractivity contribution in [1.82, 2.24) is 4.90 Å². The summed E-state index contributed by atoms with van der Waals surface area (Å²) in [6.45, 7) is 1.87. The number of carbonyl (C=O) groups excluding carboxylic acids is 2. The quantitative estimate of drug-likeness (QED) is 0.248. The number of amides is 2. The molecule has 0 radical (unpaired) electrons. The van der Waals surface area contributed by atoms with E-state index in [0.29, 0.717) is 40.6 Å². The first-order valence-corrected chi connectivity index (χ1v) is 12.7. The maximum Gasteiger partial charge on any atom is 0.271 e. The van der Waals surface area contributed by atoms with Crippen molar-refractivity contribution in [3.63, 3.8) is 0 Å². The molecule has 0 aromatic heterocycles. The zero-order chi connectivity index (χ0) is 29.5. The molecular weight excluding hydrogens is 527 g/mol. The number of nitriles is 1. The molecule has 3 aromatic carbocycles. The number of ether oxygens (including phenoxy) is 4. The lowest BCUT2D eigenvalue weighted by atomic mass is 9.93. The molecule has 4 rings (SSSR count). The third kappa shape index (κ3) is 6.39. The van der Waals surface area contributed by atoms with Crippen molar-refractivity contribution in [2.24, 2.45) is 0 Å². The highest BCUT2D eigenvalue weighted by Crippen LogP contribution is 2.33. The Morgan fingerprint density at radius 2 is 1.46 bits per heavy atom. The second kappa shape index (κ2) is 12.8. The normalized spacial score (nSPS) is 14.2. The monoisotopic (exact) mass is 556 g/mol. The van der Waals surface area contributed by atoms with Crippen LogP contribution in [0.5, 0.6) is 23.0 Å². The summed E-state index contributed by atoms with van der Waals surface area (Å²) in [5, 5.41) is 9.74. The summed E-state index contributed by atoms with van der Waals surface area (Å²) in [6, 6.07) is 18.5. The summed E-state index contributed by atoms with van der Waals surface area (Å²) < 4.78 is 35.2. The number of rotatable bonds is 10. The van der Waals surface area contributed by atoms with Gasteiger partial charge in [-0.05, 0) is 78.1 Å². The molecule has 1 heterocycles. The molecule has 0 saturated heterocycles. The number of benzene rings is 3. The van der Waals surface area contributed by atoms with E-state index in [1.54, 1.807) is 62.6 Å². The number of methoxy groups -OCH3 is 3. The van der Waals surface area contributed by atoms with E-state index >= 15 is 0 Å². The van der Waals surface area contributed by atoms with Gasteiger partial charge in [0.05, 0.1) is 21.3 Å². The van der Waals surface area contributed by atoms with Gasteiger partial charge in [-0.1, -0.05) is 24.3 Å². The van der Waals surface area contributed by atoms with Crippen LogP contribution in [0.4, 0.5) is 4.39 Å². The number of hydrogen-bond acceptors (Lipinski definition) is 7. The Morgan fingerprint density at radius 1 is 0.829 bits per heavy atom. The summed E-state index contributed by atoms with van der Waals surface area (Å²) in [7, 11) is 4.57. The number of halogens is 1. The Kier molecular flexibility index (Phi) is 9.05. The molecule has 0 fully saturated rings. The lowest BCUT2D eigenvalue weighted by Crippen LogP contribution is -2.43. The Hall–Kier alpha value is -5.10. The van der Waals surface area contributed by atoms with Crippen LogP contribution < -0.4 is 18.9 Å². The minimum absolute atomic E-state index is 0.0719. The van der Waals surface area contributed by atoms with Gasteiger partial charge in [0.1, 0.15) is 24.1 Å². The van der Waals surface area contributed by atoms with Crippen molar-refractivity contribution in [2.75, 3.05) is 27.9 Å². The van der Waals surface area contributed by atoms with Crippen molar-refractivity contribution in [1.29, 1.82) is 5.26 Å². The van der Waals surface area contributed by atoms with E-state index in [1.807, 2.05) is 12.1 Å². The van der Waals surface area contributed by atoms with E-state index in [0.717, 1.165) is 16.0 Å². The maximum atomic E-state index is 13.5. The van der Waals surface area contributed by atoms with E-state index in [-0.39, 0.29) is 30.1 Å². The summed E-state index contributed by atoms with van der Waals surface area (Å²) >= 11 is 0. The van der Waals surface area contributed by atoms with Gasteiger partial charge in [0.25, 0.3) is 11.8 Å². The fourth-order valence-electron chi connectivity index (χ4n) is 4.41. The fourth-order valence-corrected chi connectivity index (χ4v) is 4.41. The third-order valence-corrected chi connectivity index (χ3v) is 6.70. The average molecular weight is 557 g/mol. The molecule has 0 saturated carbocycles. The van der Waals surface area contributed by atoms with Crippen LogP contribution in [0.2, 0.25) is 0 Å². The van der Waals surface area contributed by atoms with Crippen molar-refractivity contribution in [2.45, 2.75) is 20.0 Å². The first kappa shape index (κ1) is 28.9. The predicted octanol–water partition coefficient (Wildman–Crippen LogP) is 5.27. The molecule has 1 aliphatic rings. The molecule has 2 amide bonds. The van der Waals surface area contributed by atoms with Crippen LogP contribution in [-0.4, -0.2) is 44.6 Å².